The molecule has 4 rings (SSSR count). The highest BCUT2D eigenvalue weighted by molar-refractivity contribution is 7.17. The predicted molar refractivity (Wildman–Crippen MR) is 121 cm³/mol. The van der Waals surface area contributed by atoms with Gasteiger partial charge in [-0.2, -0.15) is 0 Å². The number of benzene rings is 1. The fourth-order valence-electron chi connectivity index (χ4n) is 4.48. The van der Waals surface area contributed by atoms with Crippen molar-refractivity contribution in [2.45, 2.75) is 39.2 Å². The molecule has 1 saturated heterocycles. The molecule has 0 radical (unpaired) electrons. The molecule has 1 fully saturated rings. The number of rotatable bonds is 5. The third-order valence-electron chi connectivity index (χ3n) is 6.01. The number of hydrogen-bond acceptors (Lipinski definition) is 6. The van der Waals surface area contributed by atoms with E-state index in [0.29, 0.717) is 23.2 Å². The average Bonchev–Trinajstić information content (AvgIpc) is 3.29. The lowest BCUT2D eigenvalue weighted by molar-refractivity contribution is -0.117. The maximum atomic E-state index is 12.8. The van der Waals surface area contributed by atoms with Crippen molar-refractivity contribution in [3.8, 4) is 0 Å². The Morgan fingerprint density at radius 3 is 2.67 bits per heavy atom. The number of nitrogens with one attached hydrogen (secondary N) is 1. The van der Waals surface area contributed by atoms with Crippen LogP contribution in [0, 0.1) is 6.92 Å². The van der Waals surface area contributed by atoms with E-state index in [4.69, 9.17) is 4.74 Å². The molecule has 1 aliphatic heterocycles. The van der Waals surface area contributed by atoms with Crippen LogP contribution in [0.1, 0.15) is 39.7 Å². The van der Waals surface area contributed by atoms with Crippen molar-refractivity contribution in [2.75, 3.05) is 43.5 Å². The highest BCUT2D eigenvalue weighted by atomic mass is 32.1. The van der Waals surface area contributed by atoms with Crippen molar-refractivity contribution < 1.29 is 14.3 Å². The summed E-state index contributed by atoms with van der Waals surface area (Å²) in [6.07, 6.45) is 2.91. The number of hydrogen-bond donors (Lipinski definition) is 1. The summed E-state index contributed by atoms with van der Waals surface area (Å²) in [6.45, 7) is 7.16. The first-order chi connectivity index (χ1) is 14.5. The van der Waals surface area contributed by atoms with Crippen LogP contribution in [0.25, 0.3) is 0 Å². The Hall–Kier alpha value is -2.38. The van der Waals surface area contributed by atoms with E-state index in [-0.39, 0.29) is 11.9 Å². The van der Waals surface area contributed by atoms with Crippen LogP contribution >= 0.6 is 11.3 Å². The zero-order chi connectivity index (χ0) is 21.3. The molecule has 2 aromatic rings. The molecule has 160 valence electrons. The third kappa shape index (κ3) is 4.23. The molecule has 6 nitrogen and oxygen atoms in total. The molecular formula is C23H29N3O3S. The molecule has 1 atom stereocenters. The standard InChI is InChI=1S/C23H29N3O3S/c1-15-7-9-17(10-8-15)26-12-11-25(13-16(26)2)14-20(27)24-22-21(23(28)29-3)18-5-4-6-19(18)30-22/h7-10,16H,4-6,11-14H2,1-3H3,(H,24,27). The number of carbonyl (C=O) groups excluding carboxylic acids is 2. The molecular weight excluding hydrogens is 398 g/mol. The number of anilines is 2. The second kappa shape index (κ2) is 8.78. The number of carbonyl (C=O) groups is 2. The first-order valence-electron chi connectivity index (χ1n) is 10.5. The number of nitrogens with zero attached hydrogens (tertiary/aromatic N) is 2. The number of methoxy groups -OCH3 is 1. The minimum atomic E-state index is -0.356. The van der Waals surface area contributed by atoms with E-state index in [9.17, 15) is 9.59 Å². The zero-order valence-electron chi connectivity index (χ0n) is 17.9. The minimum absolute atomic E-state index is 0.0731. The van der Waals surface area contributed by atoms with Gasteiger partial charge in [-0.25, -0.2) is 4.79 Å². The van der Waals surface area contributed by atoms with Crippen LogP contribution in [0.15, 0.2) is 24.3 Å². The number of esters is 1. The Labute approximate surface area is 181 Å². The third-order valence-corrected chi connectivity index (χ3v) is 7.22. The highest BCUT2D eigenvalue weighted by Crippen LogP contribution is 2.39. The first kappa shape index (κ1) is 20.9. The number of aryl methyl sites for hydroxylation is 2. The highest BCUT2D eigenvalue weighted by Gasteiger charge is 2.29. The molecule has 0 spiro atoms. The Bertz CT molecular complexity index is 938. The van der Waals surface area contributed by atoms with Gasteiger partial charge >= 0.3 is 5.97 Å². The van der Waals surface area contributed by atoms with Gasteiger partial charge in [0.15, 0.2) is 0 Å². The SMILES string of the molecule is COC(=O)c1c(NC(=O)CN2CCN(c3ccc(C)cc3)C(C)C2)sc2c1CCC2. The smallest absolute Gasteiger partial charge is 0.341 e. The van der Waals surface area contributed by atoms with Crippen LogP contribution in [0.4, 0.5) is 10.7 Å². The van der Waals surface area contributed by atoms with E-state index in [1.165, 1.54) is 34.6 Å². The zero-order valence-corrected chi connectivity index (χ0v) is 18.7. The van der Waals surface area contributed by atoms with Gasteiger partial charge in [-0.1, -0.05) is 17.7 Å². The van der Waals surface area contributed by atoms with Gasteiger partial charge in [-0.3, -0.25) is 9.69 Å². The predicted octanol–water partition coefficient (Wildman–Crippen LogP) is 3.48. The van der Waals surface area contributed by atoms with Gasteiger partial charge in [0.1, 0.15) is 5.00 Å². The second-order valence-corrected chi connectivity index (χ2v) is 9.32. The van der Waals surface area contributed by atoms with E-state index in [2.05, 4.69) is 53.2 Å². The molecule has 0 bridgehead atoms. The summed E-state index contributed by atoms with van der Waals surface area (Å²) in [5.41, 5.74) is 4.10. The van der Waals surface area contributed by atoms with Crippen molar-refractivity contribution in [1.82, 2.24) is 4.90 Å². The van der Waals surface area contributed by atoms with E-state index in [0.717, 1.165) is 44.5 Å². The number of ether oxygens (including phenoxy) is 1. The van der Waals surface area contributed by atoms with Gasteiger partial charge in [0.05, 0.1) is 19.2 Å². The minimum Gasteiger partial charge on any atom is -0.465 e. The molecule has 1 aliphatic carbocycles. The largest absolute Gasteiger partial charge is 0.465 e. The monoisotopic (exact) mass is 427 g/mol. The summed E-state index contributed by atoms with van der Waals surface area (Å²) < 4.78 is 4.97. The van der Waals surface area contributed by atoms with E-state index in [1.54, 1.807) is 0 Å². The molecule has 2 heterocycles. The van der Waals surface area contributed by atoms with Crippen molar-refractivity contribution in [3.05, 3.63) is 45.8 Å². The summed E-state index contributed by atoms with van der Waals surface area (Å²) in [6, 6.07) is 8.93. The quantitative estimate of drug-likeness (QED) is 0.741. The van der Waals surface area contributed by atoms with E-state index >= 15 is 0 Å². The lowest BCUT2D eigenvalue weighted by atomic mass is 10.1. The lowest BCUT2D eigenvalue weighted by Crippen LogP contribution is -2.53. The van der Waals surface area contributed by atoms with Crippen molar-refractivity contribution >= 4 is 33.9 Å². The summed E-state index contributed by atoms with van der Waals surface area (Å²) in [4.78, 5) is 30.8. The maximum Gasteiger partial charge on any atom is 0.341 e. The molecule has 30 heavy (non-hydrogen) atoms. The van der Waals surface area contributed by atoms with Crippen LogP contribution in [0.3, 0.4) is 0 Å². The van der Waals surface area contributed by atoms with Gasteiger partial charge in [-0.05, 0) is 50.8 Å². The topological polar surface area (TPSA) is 61.9 Å². The molecule has 2 aliphatic rings. The lowest BCUT2D eigenvalue weighted by Gasteiger charge is -2.41. The fourth-order valence-corrected chi connectivity index (χ4v) is 5.77. The molecule has 1 amide bonds. The molecule has 0 saturated carbocycles. The van der Waals surface area contributed by atoms with E-state index < -0.39 is 0 Å². The van der Waals surface area contributed by atoms with Crippen molar-refractivity contribution in [1.29, 1.82) is 0 Å². The Balaban J connectivity index is 1.38. The molecule has 7 heteroatoms. The normalized spacial score (nSPS) is 18.9. The Kier molecular flexibility index (Phi) is 6.11. The number of piperazine rings is 1. The number of fused-ring (bicyclic) bond motifs is 1. The van der Waals surface area contributed by atoms with Crippen LogP contribution < -0.4 is 10.2 Å². The number of amides is 1. The van der Waals surface area contributed by atoms with Crippen molar-refractivity contribution in [2.24, 2.45) is 0 Å². The van der Waals surface area contributed by atoms with Gasteiger partial charge in [0.2, 0.25) is 5.91 Å². The van der Waals surface area contributed by atoms with Crippen LogP contribution in [-0.4, -0.2) is 56.1 Å². The van der Waals surface area contributed by atoms with Gasteiger partial charge in [0.25, 0.3) is 0 Å². The molecule has 1 aromatic heterocycles. The van der Waals surface area contributed by atoms with Crippen molar-refractivity contribution in [3.63, 3.8) is 0 Å². The summed E-state index contributed by atoms with van der Waals surface area (Å²) in [5, 5.41) is 3.63. The van der Waals surface area contributed by atoms with Gasteiger partial charge < -0.3 is 15.0 Å². The first-order valence-corrected chi connectivity index (χ1v) is 11.4. The summed E-state index contributed by atoms with van der Waals surface area (Å²) >= 11 is 1.52. The Morgan fingerprint density at radius 1 is 1.20 bits per heavy atom. The van der Waals surface area contributed by atoms with Crippen LogP contribution in [-0.2, 0) is 22.4 Å². The fraction of sp³-hybridized carbons (Fsp3) is 0.478. The van der Waals surface area contributed by atoms with Gasteiger partial charge in [-0.15, -0.1) is 11.3 Å². The van der Waals surface area contributed by atoms with E-state index in [1.807, 2.05) is 0 Å². The van der Waals surface area contributed by atoms with Gasteiger partial charge in [0, 0.05) is 36.2 Å². The second-order valence-electron chi connectivity index (χ2n) is 8.21. The van der Waals surface area contributed by atoms with Crippen LogP contribution in [0.5, 0.6) is 0 Å². The number of thiophene rings is 1. The molecule has 1 unspecified atom stereocenters. The average molecular weight is 428 g/mol. The Morgan fingerprint density at radius 2 is 1.97 bits per heavy atom. The molecule has 1 aromatic carbocycles. The summed E-state index contributed by atoms with van der Waals surface area (Å²) in [5.74, 6) is -0.430. The molecule has 1 N–H and O–H groups in total. The maximum absolute atomic E-state index is 12.8. The summed E-state index contributed by atoms with van der Waals surface area (Å²) in [7, 11) is 1.39. The van der Waals surface area contributed by atoms with Crippen LogP contribution in [0.2, 0.25) is 0 Å².